The summed E-state index contributed by atoms with van der Waals surface area (Å²) in [5.41, 5.74) is 1.24. The summed E-state index contributed by atoms with van der Waals surface area (Å²) in [6.45, 7) is 9.42. The molecule has 1 amide bonds. The SMILES string of the molecule is Cc1nc(-n2nc(-c3ccco3)cc2NC(=O)CC(C)(C)C)[nH]c(=O)c1C. The van der Waals surface area contributed by atoms with Crippen molar-refractivity contribution in [3.8, 4) is 17.4 Å². The van der Waals surface area contributed by atoms with E-state index in [1.165, 1.54) is 4.68 Å². The maximum absolute atomic E-state index is 12.4. The van der Waals surface area contributed by atoms with Gasteiger partial charge in [-0.25, -0.2) is 4.98 Å². The monoisotopic (exact) mass is 369 g/mol. The van der Waals surface area contributed by atoms with E-state index < -0.39 is 0 Å². The van der Waals surface area contributed by atoms with Crippen LogP contribution in [0.4, 0.5) is 5.82 Å². The van der Waals surface area contributed by atoms with Crippen molar-refractivity contribution in [3.05, 3.63) is 46.1 Å². The predicted molar refractivity (Wildman–Crippen MR) is 102 cm³/mol. The minimum Gasteiger partial charge on any atom is -0.463 e. The first-order valence-corrected chi connectivity index (χ1v) is 8.66. The molecule has 0 atom stereocenters. The van der Waals surface area contributed by atoms with Crippen LogP contribution in [-0.2, 0) is 4.79 Å². The standard InChI is InChI=1S/C19H23N5O3/c1-11-12(2)20-18(22-17(11)26)24-15(21-16(25)10-19(3,4)5)9-13(23-24)14-7-6-8-27-14/h6-9H,10H2,1-5H3,(H,21,25)(H,20,22,26). The van der Waals surface area contributed by atoms with Crippen molar-refractivity contribution in [2.45, 2.75) is 41.0 Å². The summed E-state index contributed by atoms with van der Waals surface area (Å²) in [6.07, 6.45) is 1.88. The van der Waals surface area contributed by atoms with E-state index in [4.69, 9.17) is 4.42 Å². The van der Waals surface area contributed by atoms with E-state index in [9.17, 15) is 9.59 Å². The summed E-state index contributed by atoms with van der Waals surface area (Å²) >= 11 is 0. The fourth-order valence-corrected chi connectivity index (χ4v) is 2.58. The Hall–Kier alpha value is -3.16. The first-order chi connectivity index (χ1) is 12.6. The molecule has 8 nitrogen and oxygen atoms in total. The number of nitrogens with zero attached hydrogens (tertiary/aromatic N) is 3. The van der Waals surface area contributed by atoms with Gasteiger partial charge in [0.15, 0.2) is 5.76 Å². The average molecular weight is 369 g/mol. The largest absolute Gasteiger partial charge is 0.463 e. The molecule has 0 aromatic carbocycles. The molecule has 8 heteroatoms. The van der Waals surface area contributed by atoms with Crippen LogP contribution in [0.5, 0.6) is 0 Å². The maximum Gasteiger partial charge on any atom is 0.255 e. The van der Waals surface area contributed by atoms with Crippen LogP contribution in [0.25, 0.3) is 17.4 Å². The van der Waals surface area contributed by atoms with Gasteiger partial charge in [-0.3, -0.25) is 14.6 Å². The van der Waals surface area contributed by atoms with E-state index in [-0.39, 0.29) is 22.8 Å². The third-order valence-electron chi connectivity index (χ3n) is 4.02. The lowest BCUT2D eigenvalue weighted by Gasteiger charge is -2.17. The van der Waals surface area contributed by atoms with Crippen LogP contribution < -0.4 is 10.9 Å². The van der Waals surface area contributed by atoms with Crippen molar-refractivity contribution >= 4 is 11.7 Å². The molecule has 0 radical (unpaired) electrons. The number of aromatic nitrogens is 4. The quantitative estimate of drug-likeness (QED) is 0.734. The molecule has 0 saturated heterocycles. The number of carbonyl (C=O) groups is 1. The van der Waals surface area contributed by atoms with E-state index >= 15 is 0 Å². The van der Waals surface area contributed by atoms with Crippen LogP contribution in [0.3, 0.4) is 0 Å². The highest BCUT2D eigenvalue weighted by Gasteiger charge is 2.20. The Morgan fingerprint density at radius 2 is 2.07 bits per heavy atom. The predicted octanol–water partition coefficient (Wildman–Crippen LogP) is 3.21. The molecule has 0 spiro atoms. The fourth-order valence-electron chi connectivity index (χ4n) is 2.58. The average Bonchev–Trinajstić information content (AvgIpc) is 3.19. The summed E-state index contributed by atoms with van der Waals surface area (Å²) in [4.78, 5) is 31.7. The molecule has 0 unspecified atom stereocenters. The van der Waals surface area contributed by atoms with Gasteiger partial charge in [0.25, 0.3) is 5.56 Å². The lowest BCUT2D eigenvalue weighted by molar-refractivity contribution is -0.117. The number of rotatable bonds is 4. The molecule has 0 aliphatic heterocycles. The third-order valence-corrected chi connectivity index (χ3v) is 4.02. The van der Waals surface area contributed by atoms with E-state index in [1.54, 1.807) is 38.3 Å². The smallest absolute Gasteiger partial charge is 0.255 e. The van der Waals surface area contributed by atoms with Gasteiger partial charge in [0.2, 0.25) is 11.9 Å². The Kier molecular flexibility index (Phi) is 4.73. The topological polar surface area (TPSA) is 106 Å². The molecular weight excluding hydrogens is 346 g/mol. The van der Waals surface area contributed by atoms with Crippen LogP contribution in [0.15, 0.2) is 33.7 Å². The Morgan fingerprint density at radius 3 is 2.67 bits per heavy atom. The minimum absolute atomic E-state index is 0.152. The summed E-state index contributed by atoms with van der Waals surface area (Å²) in [7, 11) is 0. The minimum atomic E-state index is -0.250. The van der Waals surface area contributed by atoms with Crippen LogP contribution in [0.2, 0.25) is 0 Å². The van der Waals surface area contributed by atoms with Crippen LogP contribution in [0, 0.1) is 19.3 Å². The van der Waals surface area contributed by atoms with Crippen LogP contribution in [0.1, 0.15) is 38.4 Å². The van der Waals surface area contributed by atoms with Crippen molar-refractivity contribution < 1.29 is 9.21 Å². The lowest BCUT2D eigenvalue weighted by Crippen LogP contribution is -2.23. The molecule has 142 valence electrons. The van der Waals surface area contributed by atoms with Gasteiger partial charge >= 0.3 is 0 Å². The first-order valence-electron chi connectivity index (χ1n) is 8.66. The molecule has 27 heavy (non-hydrogen) atoms. The van der Waals surface area contributed by atoms with Gasteiger partial charge in [0.05, 0.1) is 6.26 Å². The second kappa shape index (κ2) is 6.86. The first kappa shape index (κ1) is 18.6. The highest BCUT2D eigenvalue weighted by molar-refractivity contribution is 5.91. The maximum atomic E-state index is 12.4. The summed E-state index contributed by atoms with van der Waals surface area (Å²) in [5, 5.41) is 7.32. The number of aryl methyl sites for hydroxylation is 1. The van der Waals surface area contributed by atoms with Crippen molar-refractivity contribution in [1.82, 2.24) is 19.7 Å². The second-order valence-electron chi connectivity index (χ2n) is 7.69. The van der Waals surface area contributed by atoms with Gasteiger partial charge < -0.3 is 9.73 Å². The van der Waals surface area contributed by atoms with Crippen LogP contribution >= 0.6 is 0 Å². The summed E-state index contributed by atoms with van der Waals surface area (Å²) in [5.74, 6) is 1.03. The normalized spacial score (nSPS) is 11.6. The second-order valence-corrected chi connectivity index (χ2v) is 7.69. The van der Waals surface area contributed by atoms with Gasteiger partial charge in [-0.2, -0.15) is 9.78 Å². The number of aromatic amines is 1. The Balaban J connectivity index is 2.06. The zero-order valence-corrected chi connectivity index (χ0v) is 16.1. The Labute approximate surface area is 156 Å². The lowest BCUT2D eigenvalue weighted by atomic mass is 9.92. The van der Waals surface area contributed by atoms with Gasteiger partial charge in [0.1, 0.15) is 11.5 Å². The van der Waals surface area contributed by atoms with Gasteiger partial charge in [-0.1, -0.05) is 20.8 Å². The van der Waals surface area contributed by atoms with Crippen molar-refractivity contribution in [3.63, 3.8) is 0 Å². The number of hydrogen-bond donors (Lipinski definition) is 2. The molecule has 3 aromatic heterocycles. The molecule has 0 saturated carbocycles. The fraction of sp³-hybridized carbons (Fsp3) is 0.368. The Bertz CT molecular complexity index is 1020. The van der Waals surface area contributed by atoms with Gasteiger partial charge in [-0.05, 0) is 31.4 Å². The zero-order valence-electron chi connectivity index (χ0n) is 16.1. The number of amides is 1. The number of furan rings is 1. The van der Waals surface area contributed by atoms with E-state index in [2.05, 4.69) is 20.4 Å². The Morgan fingerprint density at radius 1 is 1.33 bits per heavy atom. The van der Waals surface area contributed by atoms with E-state index in [0.717, 1.165) is 0 Å². The van der Waals surface area contributed by atoms with Crippen molar-refractivity contribution in [1.29, 1.82) is 0 Å². The molecule has 0 fully saturated rings. The summed E-state index contributed by atoms with van der Waals surface area (Å²) in [6, 6.07) is 5.21. The van der Waals surface area contributed by atoms with Gasteiger partial charge in [0, 0.05) is 23.7 Å². The number of hydrogen-bond acceptors (Lipinski definition) is 5. The molecular formula is C19H23N5O3. The highest BCUT2D eigenvalue weighted by Crippen LogP contribution is 2.25. The van der Waals surface area contributed by atoms with E-state index in [0.29, 0.717) is 35.0 Å². The number of anilines is 1. The van der Waals surface area contributed by atoms with Crippen molar-refractivity contribution in [2.75, 3.05) is 5.32 Å². The third kappa shape index (κ3) is 4.16. The molecule has 0 aliphatic carbocycles. The van der Waals surface area contributed by atoms with E-state index in [1.807, 2.05) is 20.8 Å². The molecule has 0 aliphatic rings. The van der Waals surface area contributed by atoms with Gasteiger partial charge in [-0.15, -0.1) is 0 Å². The molecule has 0 bridgehead atoms. The molecule has 3 heterocycles. The zero-order chi connectivity index (χ0) is 19.8. The molecule has 2 N–H and O–H groups in total. The van der Waals surface area contributed by atoms with Crippen molar-refractivity contribution in [2.24, 2.45) is 5.41 Å². The summed E-state index contributed by atoms with van der Waals surface area (Å²) < 4.78 is 6.80. The molecule has 3 rings (SSSR count). The number of carbonyl (C=O) groups excluding carboxylic acids is 1. The highest BCUT2D eigenvalue weighted by atomic mass is 16.3. The number of H-pyrrole nitrogens is 1. The number of nitrogens with one attached hydrogen (secondary N) is 2. The van der Waals surface area contributed by atoms with Crippen LogP contribution in [-0.4, -0.2) is 25.7 Å². The molecule has 3 aromatic rings.